The molecule has 0 radical (unpaired) electrons. The van der Waals surface area contributed by atoms with Gasteiger partial charge in [-0.3, -0.25) is 23.5 Å². The molecule has 10 nitrogen and oxygen atoms in total. The minimum atomic E-state index is -4.48. The Bertz CT molecular complexity index is 1480. The molecular formula is C26H26F3N5O5. The molecule has 1 fully saturated rings. The van der Waals surface area contributed by atoms with Gasteiger partial charge in [-0.15, -0.1) is 0 Å². The first-order valence-corrected chi connectivity index (χ1v) is 12.1. The van der Waals surface area contributed by atoms with Crippen LogP contribution < -0.4 is 21.9 Å². The number of piperidine rings is 1. The highest BCUT2D eigenvalue weighted by atomic mass is 19.4. The van der Waals surface area contributed by atoms with Crippen LogP contribution in [0.1, 0.15) is 34.3 Å². The number of esters is 1. The number of benzene rings is 1. The third-order valence-corrected chi connectivity index (χ3v) is 6.62. The molecule has 1 aliphatic rings. The van der Waals surface area contributed by atoms with Gasteiger partial charge in [-0.25, -0.2) is 9.78 Å². The second-order valence-electron chi connectivity index (χ2n) is 9.17. The second kappa shape index (κ2) is 11.1. The van der Waals surface area contributed by atoms with E-state index in [-0.39, 0.29) is 12.4 Å². The third kappa shape index (κ3) is 6.02. The van der Waals surface area contributed by atoms with Crippen LogP contribution in [0.5, 0.6) is 0 Å². The van der Waals surface area contributed by atoms with E-state index in [0.29, 0.717) is 31.7 Å². The van der Waals surface area contributed by atoms with Gasteiger partial charge in [-0.05, 0) is 30.5 Å². The lowest BCUT2D eigenvalue weighted by Gasteiger charge is -2.31. The van der Waals surface area contributed by atoms with E-state index < -0.39 is 52.8 Å². The number of carbonyl (C=O) groups excluding carboxylic acids is 2. The number of anilines is 2. The van der Waals surface area contributed by atoms with Crippen molar-refractivity contribution in [3.8, 4) is 0 Å². The fourth-order valence-corrected chi connectivity index (χ4v) is 4.38. The summed E-state index contributed by atoms with van der Waals surface area (Å²) < 4.78 is 45.4. The lowest BCUT2D eigenvalue weighted by molar-refractivity contribution is -0.148. The zero-order valence-electron chi connectivity index (χ0n) is 21.0. The average molecular weight is 546 g/mol. The molecule has 4 rings (SSSR count). The van der Waals surface area contributed by atoms with Gasteiger partial charge in [-0.1, -0.05) is 30.3 Å². The smallest absolute Gasteiger partial charge is 0.417 e. The number of nitrogens with two attached hydrogens (primary N) is 1. The van der Waals surface area contributed by atoms with Crippen molar-refractivity contribution in [2.75, 3.05) is 30.3 Å². The molecule has 0 aliphatic carbocycles. The van der Waals surface area contributed by atoms with E-state index in [0.717, 1.165) is 27.0 Å². The number of halogens is 3. The minimum absolute atomic E-state index is 0.0338. The summed E-state index contributed by atoms with van der Waals surface area (Å²) in [6.07, 6.45) is -3.04. The molecular weight excluding hydrogens is 519 g/mol. The Labute approximate surface area is 220 Å². The fraction of sp³-hybridized carbons (Fsp3) is 0.346. The zero-order chi connectivity index (χ0) is 28.3. The van der Waals surface area contributed by atoms with E-state index in [1.165, 1.54) is 13.1 Å². The zero-order valence-corrected chi connectivity index (χ0v) is 21.0. The van der Waals surface area contributed by atoms with E-state index in [1.54, 1.807) is 35.2 Å². The predicted molar refractivity (Wildman–Crippen MR) is 135 cm³/mol. The number of hydrogen-bond acceptors (Lipinski definition) is 8. The van der Waals surface area contributed by atoms with Crippen LogP contribution in [0.4, 0.5) is 24.8 Å². The number of nitrogens with zero attached hydrogens (tertiary/aromatic N) is 4. The number of rotatable bonds is 7. The molecule has 3 heterocycles. The standard InChI is InChI=1S/C26H26F3N5O5/c1-32-23(36)21(22(30)34(25(32)38)14-16-5-3-2-4-6-16)19(35)15-39-24(37)17-9-11-33(12-10-17)20-8-7-18(13-31-20)26(27,28)29/h2-8,13,17H,9-12,14-15,30H2,1H3. The summed E-state index contributed by atoms with van der Waals surface area (Å²) in [5.74, 6) is -1.98. The first-order valence-electron chi connectivity index (χ1n) is 12.1. The molecule has 2 aromatic heterocycles. The summed E-state index contributed by atoms with van der Waals surface area (Å²) in [7, 11) is 1.23. The largest absolute Gasteiger partial charge is 0.457 e. The molecule has 13 heteroatoms. The summed E-state index contributed by atoms with van der Waals surface area (Å²) >= 11 is 0. The molecule has 1 aromatic carbocycles. The molecule has 206 valence electrons. The number of aromatic nitrogens is 3. The molecule has 0 bridgehead atoms. The molecule has 39 heavy (non-hydrogen) atoms. The molecule has 1 aliphatic heterocycles. The quantitative estimate of drug-likeness (QED) is 0.354. The Morgan fingerprint density at radius 3 is 2.33 bits per heavy atom. The third-order valence-electron chi connectivity index (χ3n) is 6.62. The van der Waals surface area contributed by atoms with E-state index in [2.05, 4.69) is 4.98 Å². The van der Waals surface area contributed by atoms with Crippen molar-refractivity contribution in [3.05, 3.63) is 86.2 Å². The van der Waals surface area contributed by atoms with Gasteiger partial charge in [0.1, 0.15) is 17.2 Å². The number of alkyl halides is 3. The lowest BCUT2D eigenvalue weighted by Crippen LogP contribution is -2.43. The number of pyridine rings is 1. The Hall–Kier alpha value is -4.42. The summed E-state index contributed by atoms with van der Waals surface area (Å²) in [6.45, 7) is 0.00256. The molecule has 0 amide bonds. The maximum absolute atomic E-state index is 12.9. The summed E-state index contributed by atoms with van der Waals surface area (Å²) in [4.78, 5) is 56.5. The van der Waals surface area contributed by atoms with Gasteiger partial charge in [-0.2, -0.15) is 13.2 Å². The number of nitrogen functional groups attached to an aromatic ring is 1. The molecule has 2 N–H and O–H groups in total. The van der Waals surface area contributed by atoms with Gasteiger partial charge in [0.15, 0.2) is 6.61 Å². The number of Topliss-reactive ketones (excluding diaryl/α,β-unsaturated/α-hetero) is 1. The Kier molecular flexibility index (Phi) is 7.88. The Morgan fingerprint density at radius 2 is 1.74 bits per heavy atom. The second-order valence-corrected chi connectivity index (χ2v) is 9.17. The summed E-state index contributed by atoms with van der Waals surface area (Å²) in [6, 6.07) is 11.1. The maximum Gasteiger partial charge on any atom is 0.417 e. The van der Waals surface area contributed by atoms with Crippen LogP contribution in [-0.4, -0.2) is 45.6 Å². The van der Waals surface area contributed by atoms with Gasteiger partial charge in [0.05, 0.1) is 18.0 Å². The highest BCUT2D eigenvalue weighted by Crippen LogP contribution is 2.30. The van der Waals surface area contributed by atoms with Gasteiger partial charge in [0, 0.05) is 26.3 Å². The van der Waals surface area contributed by atoms with Crippen LogP contribution in [0.25, 0.3) is 0 Å². The van der Waals surface area contributed by atoms with Crippen molar-refractivity contribution in [2.45, 2.75) is 25.6 Å². The molecule has 0 saturated carbocycles. The van der Waals surface area contributed by atoms with E-state index in [4.69, 9.17) is 10.5 Å². The highest BCUT2D eigenvalue weighted by molar-refractivity contribution is 6.01. The van der Waals surface area contributed by atoms with E-state index in [1.807, 2.05) is 0 Å². The van der Waals surface area contributed by atoms with Gasteiger partial charge < -0.3 is 15.4 Å². The first kappa shape index (κ1) is 27.6. The van der Waals surface area contributed by atoms with Crippen LogP contribution in [0, 0.1) is 5.92 Å². The molecule has 3 aromatic rings. The van der Waals surface area contributed by atoms with Crippen LogP contribution in [0.3, 0.4) is 0 Å². The first-order chi connectivity index (χ1) is 18.5. The van der Waals surface area contributed by atoms with Crippen LogP contribution in [0.2, 0.25) is 0 Å². The lowest BCUT2D eigenvalue weighted by atomic mass is 9.97. The summed E-state index contributed by atoms with van der Waals surface area (Å²) in [5.41, 5.74) is 3.93. The molecule has 0 unspecified atom stereocenters. The molecule has 0 atom stereocenters. The van der Waals surface area contributed by atoms with E-state index in [9.17, 15) is 32.3 Å². The normalized spacial score (nSPS) is 14.3. The molecule has 0 spiro atoms. The number of carbonyl (C=O) groups is 2. The number of hydrogen-bond donors (Lipinski definition) is 1. The SMILES string of the molecule is Cn1c(=O)c(C(=O)COC(=O)C2CCN(c3ccc(C(F)(F)F)cn3)CC2)c(N)n(Cc2ccccc2)c1=O. The topological polar surface area (TPSA) is 130 Å². The number of ketones is 1. The van der Waals surface area contributed by atoms with Crippen LogP contribution >= 0.6 is 0 Å². The van der Waals surface area contributed by atoms with Crippen molar-refractivity contribution >= 4 is 23.4 Å². The van der Waals surface area contributed by atoms with Crippen molar-refractivity contribution in [3.63, 3.8) is 0 Å². The van der Waals surface area contributed by atoms with Crippen LogP contribution in [-0.2, 0) is 29.3 Å². The number of ether oxygens (including phenoxy) is 1. The highest BCUT2D eigenvalue weighted by Gasteiger charge is 2.32. The maximum atomic E-state index is 12.9. The molecule has 1 saturated heterocycles. The van der Waals surface area contributed by atoms with Crippen LogP contribution in [0.15, 0.2) is 58.3 Å². The summed E-state index contributed by atoms with van der Waals surface area (Å²) in [5, 5.41) is 0. The Balaban J connectivity index is 1.39. The monoisotopic (exact) mass is 545 g/mol. The van der Waals surface area contributed by atoms with Crippen molar-refractivity contribution in [1.29, 1.82) is 0 Å². The van der Waals surface area contributed by atoms with Gasteiger partial charge >= 0.3 is 17.8 Å². The van der Waals surface area contributed by atoms with Crippen molar-refractivity contribution < 1.29 is 27.5 Å². The average Bonchev–Trinajstić information content (AvgIpc) is 2.93. The van der Waals surface area contributed by atoms with Crippen molar-refractivity contribution in [2.24, 2.45) is 13.0 Å². The van der Waals surface area contributed by atoms with Gasteiger partial charge in [0.25, 0.3) is 5.56 Å². The Morgan fingerprint density at radius 1 is 1.08 bits per heavy atom. The fourth-order valence-electron chi connectivity index (χ4n) is 4.38. The minimum Gasteiger partial charge on any atom is -0.457 e. The van der Waals surface area contributed by atoms with Gasteiger partial charge in [0.2, 0.25) is 5.78 Å². The van der Waals surface area contributed by atoms with Crippen molar-refractivity contribution in [1.82, 2.24) is 14.1 Å². The predicted octanol–water partition coefficient (Wildman–Crippen LogP) is 2.23. The van der Waals surface area contributed by atoms with E-state index >= 15 is 0 Å².